The molecular formula is C20H17ClN4O3S. The lowest BCUT2D eigenvalue weighted by Crippen LogP contribution is -2.34. The molecule has 7 nitrogen and oxygen atoms in total. The maximum absolute atomic E-state index is 12.7. The summed E-state index contributed by atoms with van der Waals surface area (Å²) >= 11 is 6.17. The molecule has 29 heavy (non-hydrogen) atoms. The molecule has 9 heteroatoms. The SMILES string of the molecule is Cc1ncccc1CNC1=NS(=O)(=O)c2cccc(Oc3ccccc3Cl)c2N1. The molecule has 0 radical (unpaired) electrons. The smallest absolute Gasteiger partial charge is 0.287 e. The van der Waals surface area contributed by atoms with Crippen LogP contribution in [0.5, 0.6) is 11.5 Å². The molecule has 2 aromatic carbocycles. The molecule has 4 rings (SSSR count). The Kier molecular flexibility index (Phi) is 5.12. The summed E-state index contributed by atoms with van der Waals surface area (Å²) in [5.74, 6) is 0.853. The van der Waals surface area contributed by atoms with Crippen LogP contribution in [0, 0.1) is 6.92 Å². The second kappa shape index (κ2) is 7.73. The first-order valence-corrected chi connectivity index (χ1v) is 10.6. The summed E-state index contributed by atoms with van der Waals surface area (Å²) in [6, 6.07) is 15.4. The van der Waals surface area contributed by atoms with Gasteiger partial charge >= 0.3 is 0 Å². The minimum Gasteiger partial charge on any atom is -0.454 e. The number of halogens is 1. The van der Waals surface area contributed by atoms with Gasteiger partial charge in [-0.1, -0.05) is 35.9 Å². The molecule has 0 bridgehead atoms. The maximum Gasteiger partial charge on any atom is 0.287 e. The predicted octanol–water partition coefficient (Wildman–Crippen LogP) is 4.10. The normalized spacial score (nSPS) is 14.3. The zero-order valence-corrected chi connectivity index (χ0v) is 17.0. The summed E-state index contributed by atoms with van der Waals surface area (Å²) in [6.45, 7) is 2.25. The first kappa shape index (κ1) is 19.2. The monoisotopic (exact) mass is 428 g/mol. The minimum atomic E-state index is -3.90. The van der Waals surface area contributed by atoms with Gasteiger partial charge in [-0.25, -0.2) is 0 Å². The third-order valence-electron chi connectivity index (χ3n) is 4.34. The van der Waals surface area contributed by atoms with Gasteiger partial charge in [-0.3, -0.25) is 4.98 Å². The third-order valence-corrected chi connectivity index (χ3v) is 5.97. The molecule has 0 saturated heterocycles. The quantitative estimate of drug-likeness (QED) is 0.650. The second-order valence-corrected chi connectivity index (χ2v) is 8.28. The standard InChI is InChI=1S/C20H17ClN4O3S/c1-13-14(6-5-11-22-13)12-23-20-24-19-17(28-16-8-3-2-7-15(16)21)9-4-10-18(19)29(26,27)25-20/h2-11H,12H2,1H3,(H2,23,24,25). The van der Waals surface area contributed by atoms with E-state index in [4.69, 9.17) is 16.3 Å². The maximum atomic E-state index is 12.7. The third kappa shape index (κ3) is 4.03. The van der Waals surface area contributed by atoms with Crippen LogP contribution < -0.4 is 15.4 Å². The topological polar surface area (TPSA) is 92.7 Å². The van der Waals surface area contributed by atoms with Crippen LogP contribution in [0.3, 0.4) is 0 Å². The van der Waals surface area contributed by atoms with Gasteiger partial charge in [0, 0.05) is 18.4 Å². The van der Waals surface area contributed by atoms with Crippen molar-refractivity contribution < 1.29 is 13.2 Å². The van der Waals surface area contributed by atoms with Crippen LogP contribution in [0.2, 0.25) is 5.02 Å². The fraction of sp³-hybridized carbons (Fsp3) is 0.100. The number of fused-ring (bicyclic) bond motifs is 1. The lowest BCUT2D eigenvalue weighted by molar-refractivity contribution is 0.483. The average molecular weight is 429 g/mol. The van der Waals surface area contributed by atoms with Crippen LogP contribution in [-0.2, 0) is 16.6 Å². The highest BCUT2D eigenvalue weighted by molar-refractivity contribution is 7.90. The lowest BCUT2D eigenvalue weighted by Gasteiger charge is -2.22. The van der Waals surface area contributed by atoms with Crippen LogP contribution >= 0.6 is 11.6 Å². The van der Waals surface area contributed by atoms with Gasteiger partial charge < -0.3 is 15.4 Å². The minimum absolute atomic E-state index is 0.0326. The van der Waals surface area contributed by atoms with Gasteiger partial charge in [-0.15, -0.1) is 4.40 Å². The molecule has 1 aliphatic rings. The first-order chi connectivity index (χ1) is 13.9. The number of rotatable bonds is 4. The highest BCUT2D eigenvalue weighted by atomic mass is 35.5. The summed E-state index contributed by atoms with van der Waals surface area (Å²) in [6.07, 6.45) is 1.70. The van der Waals surface area contributed by atoms with Crippen molar-refractivity contribution in [3.63, 3.8) is 0 Å². The van der Waals surface area contributed by atoms with Crippen molar-refractivity contribution in [3.05, 3.63) is 77.1 Å². The van der Waals surface area contributed by atoms with Gasteiger partial charge in [0.2, 0.25) is 5.96 Å². The number of hydrogen-bond donors (Lipinski definition) is 2. The summed E-state index contributed by atoms with van der Waals surface area (Å²) in [4.78, 5) is 4.26. The Bertz CT molecular complexity index is 1210. The van der Waals surface area contributed by atoms with Crippen molar-refractivity contribution in [1.82, 2.24) is 10.3 Å². The number of nitrogens with zero attached hydrogens (tertiary/aromatic N) is 2. The van der Waals surface area contributed by atoms with Crippen LogP contribution in [0.15, 0.2) is 70.1 Å². The van der Waals surface area contributed by atoms with E-state index in [0.717, 1.165) is 11.3 Å². The number of para-hydroxylation sites is 2. The molecule has 148 valence electrons. The first-order valence-electron chi connectivity index (χ1n) is 8.76. The Hall–Kier alpha value is -3.10. The van der Waals surface area contributed by atoms with Gasteiger partial charge in [0.25, 0.3) is 10.0 Å². The number of pyridine rings is 1. The van der Waals surface area contributed by atoms with E-state index >= 15 is 0 Å². The lowest BCUT2D eigenvalue weighted by atomic mass is 10.2. The molecule has 2 N–H and O–H groups in total. The molecule has 0 unspecified atom stereocenters. The fourth-order valence-corrected chi connectivity index (χ4v) is 4.13. The molecule has 3 aromatic rings. The molecule has 0 fully saturated rings. The second-order valence-electron chi connectivity index (χ2n) is 6.30. The van der Waals surface area contributed by atoms with E-state index in [2.05, 4.69) is 20.0 Å². The Balaban J connectivity index is 1.64. The highest BCUT2D eigenvalue weighted by Gasteiger charge is 2.28. The summed E-state index contributed by atoms with van der Waals surface area (Å²) in [7, 11) is -3.90. The summed E-state index contributed by atoms with van der Waals surface area (Å²) in [5.41, 5.74) is 2.08. The molecule has 0 aliphatic carbocycles. The molecule has 0 atom stereocenters. The molecule has 0 amide bonds. The molecule has 0 spiro atoms. The van der Waals surface area contributed by atoms with Gasteiger partial charge in [-0.05, 0) is 42.8 Å². The average Bonchev–Trinajstić information content (AvgIpc) is 2.69. The number of sulfonamides is 1. The Labute approximate surface area is 173 Å². The Morgan fingerprint density at radius 3 is 2.66 bits per heavy atom. The van der Waals surface area contributed by atoms with Crippen molar-refractivity contribution in [3.8, 4) is 11.5 Å². The van der Waals surface area contributed by atoms with E-state index in [1.807, 2.05) is 19.1 Å². The summed E-state index contributed by atoms with van der Waals surface area (Å²) < 4.78 is 35.1. The van der Waals surface area contributed by atoms with Crippen LogP contribution in [-0.4, -0.2) is 19.4 Å². The van der Waals surface area contributed by atoms with Crippen LogP contribution in [0.4, 0.5) is 5.69 Å². The van der Waals surface area contributed by atoms with Gasteiger partial charge in [0.15, 0.2) is 5.75 Å². The van der Waals surface area contributed by atoms with Crippen LogP contribution in [0.1, 0.15) is 11.3 Å². The molecule has 1 aliphatic heterocycles. The Morgan fingerprint density at radius 2 is 1.86 bits per heavy atom. The number of guanidine groups is 1. The van der Waals surface area contributed by atoms with Gasteiger partial charge in [0.1, 0.15) is 16.3 Å². The number of hydrogen-bond acceptors (Lipinski definition) is 6. The van der Waals surface area contributed by atoms with E-state index in [1.54, 1.807) is 42.6 Å². The van der Waals surface area contributed by atoms with E-state index in [-0.39, 0.29) is 10.9 Å². The number of ether oxygens (including phenoxy) is 1. The van der Waals surface area contributed by atoms with E-state index < -0.39 is 10.0 Å². The molecule has 0 saturated carbocycles. The zero-order chi connectivity index (χ0) is 20.4. The molecule has 2 heterocycles. The summed E-state index contributed by atoms with van der Waals surface area (Å²) in [5, 5.41) is 6.46. The largest absolute Gasteiger partial charge is 0.454 e. The van der Waals surface area contributed by atoms with Crippen molar-refractivity contribution in [2.45, 2.75) is 18.4 Å². The Morgan fingerprint density at radius 1 is 1.07 bits per heavy atom. The number of benzene rings is 2. The zero-order valence-electron chi connectivity index (χ0n) is 15.4. The van der Waals surface area contributed by atoms with Gasteiger partial charge in [0.05, 0.1) is 5.02 Å². The fourth-order valence-electron chi connectivity index (χ4n) is 2.85. The van der Waals surface area contributed by atoms with Crippen molar-refractivity contribution in [1.29, 1.82) is 0 Å². The molecule has 1 aromatic heterocycles. The number of aryl methyl sites for hydroxylation is 1. The number of anilines is 1. The van der Waals surface area contributed by atoms with E-state index in [9.17, 15) is 8.42 Å². The van der Waals surface area contributed by atoms with E-state index in [0.29, 0.717) is 28.8 Å². The van der Waals surface area contributed by atoms with Crippen molar-refractivity contribution in [2.75, 3.05) is 5.32 Å². The number of nitrogens with one attached hydrogen (secondary N) is 2. The van der Waals surface area contributed by atoms with E-state index in [1.165, 1.54) is 6.07 Å². The number of aromatic nitrogens is 1. The van der Waals surface area contributed by atoms with Gasteiger partial charge in [-0.2, -0.15) is 8.42 Å². The van der Waals surface area contributed by atoms with Crippen molar-refractivity contribution >= 4 is 33.3 Å². The molecular weight excluding hydrogens is 412 g/mol. The highest BCUT2D eigenvalue weighted by Crippen LogP contribution is 2.39. The van der Waals surface area contributed by atoms with Crippen molar-refractivity contribution in [2.24, 2.45) is 4.40 Å². The van der Waals surface area contributed by atoms with Crippen LogP contribution in [0.25, 0.3) is 0 Å². The predicted molar refractivity (Wildman–Crippen MR) is 112 cm³/mol.